The van der Waals surface area contributed by atoms with Crippen LogP contribution in [0.3, 0.4) is 0 Å². The summed E-state index contributed by atoms with van der Waals surface area (Å²) in [5.41, 5.74) is 0.504. The van der Waals surface area contributed by atoms with Gasteiger partial charge in [-0.15, -0.1) is 11.3 Å². The van der Waals surface area contributed by atoms with Crippen molar-refractivity contribution in [2.75, 3.05) is 11.1 Å². The summed E-state index contributed by atoms with van der Waals surface area (Å²) in [5.74, 6) is -0.565. The lowest BCUT2D eigenvalue weighted by Crippen LogP contribution is -2.22. The molecule has 1 N–H and O–H groups in total. The molecule has 2 heterocycles. The molecule has 1 amide bonds. The van der Waals surface area contributed by atoms with Gasteiger partial charge in [-0.05, 0) is 62.0 Å². The molecule has 2 aromatic heterocycles. The Kier molecular flexibility index (Phi) is 6.69. The zero-order valence-corrected chi connectivity index (χ0v) is 19.6. The Balaban J connectivity index is 1.58. The lowest BCUT2D eigenvalue weighted by Gasteiger charge is -2.26. The first-order valence-electron chi connectivity index (χ1n) is 10.7. The molecule has 4 rings (SSSR count). The zero-order chi connectivity index (χ0) is 23.8. The molecule has 0 aromatic carbocycles. The Morgan fingerprint density at radius 1 is 1.18 bits per heavy atom. The fourth-order valence-electron chi connectivity index (χ4n) is 4.50. The average molecular weight is 491 g/mol. The third-order valence-electron chi connectivity index (χ3n) is 6.05. The van der Waals surface area contributed by atoms with Crippen LogP contribution in [0.5, 0.6) is 0 Å². The molecule has 2 aliphatic carbocycles. The van der Waals surface area contributed by atoms with Gasteiger partial charge in [-0.2, -0.15) is 23.7 Å². The quantitative estimate of drug-likeness (QED) is 0.560. The number of fused-ring (bicyclic) bond motifs is 2. The molecule has 172 valence electrons. The van der Waals surface area contributed by atoms with Gasteiger partial charge in [0.25, 0.3) is 0 Å². The van der Waals surface area contributed by atoms with E-state index in [4.69, 9.17) is 0 Å². The van der Waals surface area contributed by atoms with Gasteiger partial charge in [0.2, 0.25) is 5.91 Å². The van der Waals surface area contributed by atoms with Crippen LogP contribution >= 0.6 is 23.1 Å². The number of aryl methyl sites for hydroxylation is 2. The van der Waals surface area contributed by atoms with Gasteiger partial charge in [0.05, 0.1) is 22.4 Å². The minimum Gasteiger partial charge on any atom is -0.316 e. The summed E-state index contributed by atoms with van der Waals surface area (Å²) >= 11 is 2.22. The van der Waals surface area contributed by atoms with Crippen LogP contribution in [-0.2, 0) is 36.7 Å². The third-order valence-corrected chi connectivity index (χ3v) is 8.23. The number of anilines is 1. The summed E-state index contributed by atoms with van der Waals surface area (Å²) in [7, 11) is 0. The number of thiophene rings is 1. The SMILES string of the molecule is CC1CCc2nc(SCC(=O)Nc3sc4c(c3C#N)CCCC4)c(C#N)c(C(F)(F)F)c2C1. The van der Waals surface area contributed by atoms with Crippen molar-refractivity contribution in [2.45, 2.75) is 63.1 Å². The van der Waals surface area contributed by atoms with Crippen LogP contribution in [-0.4, -0.2) is 16.6 Å². The van der Waals surface area contributed by atoms with Gasteiger partial charge in [-0.25, -0.2) is 4.98 Å². The summed E-state index contributed by atoms with van der Waals surface area (Å²) in [6.07, 6.45) is 0.435. The van der Waals surface area contributed by atoms with Crippen LogP contribution in [0.4, 0.5) is 18.2 Å². The number of nitrogens with zero attached hydrogens (tertiary/aromatic N) is 3. The number of nitrogens with one attached hydrogen (secondary N) is 1. The molecule has 0 fully saturated rings. The number of amides is 1. The maximum Gasteiger partial charge on any atom is 0.418 e. The Bertz CT molecular complexity index is 1190. The monoisotopic (exact) mass is 490 g/mol. The lowest BCUT2D eigenvalue weighted by atomic mass is 9.84. The lowest BCUT2D eigenvalue weighted by molar-refractivity contribution is -0.138. The van der Waals surface area contributed by atoms with Gasteiger partial charge in [0.15, 0.2) is 0 Å². The predicted octanol–water partition coefficient (Wildman–Crippen LogP) is 5.64. The third kappa shape index (κ3) is 4.73. The van der Waals surface area contributed by atoms with E-state index in [0.29, 0.717) is 22.7 Å². The summed E-state index contributed by atoms with van der Waals surface area (Å²) in [6, 6.07) is 3.86. The second-order valence-corrected chi connectivity index (χ2v) is 10.5. The summed E-state index contributed by atoms with van der Waals surface area (Å²) in [4.78, 5) is 18.1. The zero-order valence-electron chi connectivity index (χ0n) is 17.9. The number of hydrogen-bond acceptors (Lipinski definition) is 6. The summed E-state index contributed by atoms with van der Waals surface area (Å²) in [5, 5.41) is 22.2. The van der Waals surface area contributed by atoms with Crippen molar-refractivity contribution in [3.8, 4) is 12.1 Å². The highest BCUT2D eigenvalue weighted by Crippen LogP contribution is 2.42. The first-order chi connectivity index (χ1) is 15.7. The van der Waals surface area contributed by atoms with E-state index in [1.165, 1.54) is 11.3 Å². The summed E-state index contributed by atoms with van der Waals surface area (Å²) in [6.45, 7) is 1.89. The largest absolute Gasteiger partial charge is 0.418 e. The highest BCUT2D eigenvalue weighted by Gasteiger charge is 2.40. The average Bonchev–Trinajstić information content (AvgIpc) is 3.12. The van der Waals surface area contributed by atoms with E-state index in [9.17, 15) is 28.5 Å². The minimum absolute atomic E-state index is 0.0701. The first-order valence-corrected chi connectivity index (χ1v) is 12.5. The fraction of sp³-hybridized carbons (Fsp3) is 0.478. The number of carbonyl (C=O) groups excluding carboxylic acids is 1. The smallest absolute Gasteiger partial charge is 0.316 e. The molecule has 10 heteroatoms. The van der Waals surface area contributed by atoms with Gasteiger partial charge in [0.1, 0.15) is 22.2 Å². The van der Waals surface area contributed by atoms with Gasteiger partial charge < -0.3 is 5.32 Å². The normalized spacial score (nSPS) is 17.5. The van der Waals surface area contributed by atoms with Crippen LogP contribution in [0.1, 0.15) is 64.6 Å². The molecule has 0 saturated carbocycles. The molecule has 0 radical (unpaired) electrons. The Morgan fingerprint density at radius 3 is 2.61 bits per heavy atom. The maximum atomic E-state index is 13.9. The molecule has 2 aliphatic rings. The predicted molar refractivity (Wildman–Crippen MR) is 120 cm³/mol. The van der Waals surface area contributed by atoms with E-state index in [2.05, 4.69) is 16.4 Å². The van der Waals surface area contributed by atoms with Gasteiger partial charge in [-0.3, -0.25) is 4.79 Å². The van der Waals surface area contributed by atoms with Crippen molar-refractivity contribution >= 4 is 34.0 Å². The molecule has 33 heavy (non-hydrogen) atoms. The van der Waals surface area contributed by atoms with Crippen molar-refractivity contribution in [3.63, 3.8) is 0 Å². The molecule has 0 spiro atoms. The van der Waals surface area contributed by atoms with Crippen molar-refractivity contribution in [2.24, 2.45) is 5.92 Å². The number of aromatic nitrogens is 1. The molecule has 2 aromatic rings. The van der Waals surface area contributed by atoms with Gasteiger partial charge >= 0.3 is 6.18 Å². The molecular formula is C23H21F3N4OS2. The fourth-order valence-corrected chi connectivity index (χ4v) is 6.56. The second-order valence-electron chi connectivity index (χ2n) is 8.41. The maximum absolute atomic E-state index is 13.9. The number of thioether (sulfide) groups is 1. The van der Waals surface area contributed by atoms with E-state index in [1.54, 1.807) is 6.07 Å². The first kappa shape index (κ1) is 23.6. The molecule has 5 nitrogen and oxygen atoms in total. The second kappa shape index (κ2) is 9.36. The van der Waals surface area contributed by atoms with E-state index in [0.717, 1.165) is 54.3 Å². The highest BCUT2D eigenvalue weighted by atomic mass is 32.2. The number of halogens is 3. The van der Waals surface area contributed by atoms with Crippen LogP contribution < -0.4 is 5.32 Å². The van der Waals surface area contributed by atoms with Gasteiger partial charge in [-0.1, -0.05) is 18.7 Å². The minimum atomic E-state index is -4.68. The molecule has 0 aliphatic heterocycles. The number of rotatable bonds is 4. The van der Waals surface area contributed by atoms with Crippen LogP contribution in [0, 0.1) is 28.6 Å². The Morgan fingerprint density at radius 2 is 1.91 bits per heavy atom. The van der Waals surface area contributed by atoms with Gasteiger partial charge in [0, 0.05) is 10.6 Å². The number of carbonyl (C=O) groups is 1. The molecule has 1 unspecified atom stereocenters. The van der Waals surface area contributed by atoms with E-state index in [-0.39, 0.29) is 28.7 Å². The van der Waals surface area contributed by atoms with E-state index < -0.39 is 23.2 Å². The highest BCUT2D eigenvalue weighted by molar-refractivity contribution is 8.00. The van der Waals surface area contributed by atoms with Crippen molar-refractivity contribution in [1.82, 2.24) is 4.98 Å². The van der Waals surface area contributed by atoms with Crippen LogP contribution in [0.25, 0.3) is 0 Å². The molecular weight excluding hydrogens is 469 g/mol. The van der Waals surface area contributed by atoms with Crippen LogP contribution in [0.15, 0.2) is 5.03 Å². The number of alkyl halides is 3. The van der Waals surface area contributed by atoms with E-state index >= 15 is 0 Å². The molecule has 1 atom stereocenters. The van der Waals surface area contributed by atoms with Crippen molar-refractivity contribution in [1.29, 1.82) is 10.5 Å². The standard InChI is InChI=1S/C23H21F3N4OS2/c1-12-6-7-17-14(8-12)20(23(24,25)26)16(10-28)21(29-17)32-11-19(31)30-22-15(9-27)13-4-2-3-5-18(13)33-22/h12H,2-8,11H2,1H3,(H,30,31). The summed E-state index contributed by atoms with van der Waals surface area (Å²) < 4.78 is 41.7. The molecule has 0 saturated heterocycles. The number of nitriles is 2. The number of hydrogen-bond donors (Lipinski definition) is 1. The topological polar surface area (TPSA) is 89.6 Å². The van der Waals surface area contributed by atoms with Crippen LogP contribution in [0.2, 0.25) is 0 Å². The van der Waals surface area contributed by atoms with Crippen molar-refractivity contribution < 1.29 is 18.0 Å². The number of pyridine rings is 1. The molecule has 0 bridgehead atoms. The van der Waals surface area contributed by atoms with Crippen molar-refractivity contribution in [3.05, 3.63) is 38.4 Å². The van der Waals surface area contributed by atoms with E-state index in [1.807, 2.05) is 6.92 Å². The Labute approximate surface area is 198 Å². The Hall–Kier alpha value is -2.56.